The van der Waals surface area contributed by atoms with Gasteiger partial charge in [0, 0.05) is 24.2 Å². The van der Waals surface area contributed by atoms with E-state index in [9.17, 15) is 19.2 Å². The number of benzene rings is 2. The molecule has 4 fully saturated rings. The van der Waals surface area contributed by atoms with Crippen LogP contribution in [0, 0.1) is 0 Å². The highest BCUT2D eigenvalue weighted by molar-refractivity contribution is 6.29. The molecule has 6 rings (SSSR count). The Bertz CT molecular complexity index is 1250. The first-order chi connectivity index (χ1) is 22.3. The molecule has 0 spiro atoms. The molecule has 4 unspecified atom stereocenters. The third-order valence-corrected chi connectivity index (χ3v) is 10.6. The summed E-state index contributed by atoms with van der Waals surface area (Å²) in [6.45, 7) is -0.752. The first kappa shape index (κ1) is 32.2. The number of esters is 4. The van der Waals surface area contributed by atoms with Crippen LogP contribution in [-0.4, -0.2) is 97.4 Å². The molecule has 4 heterocycles. The summed E-state index contributed by atoms with van der Waals surface area (Å²) in [7, 11) is 4.24. The van der Waals surface area contributed by atoms with Gasteiger partial charge in [-0.1, -0.05) is 60.7 Å². The van der Waals surface area contributed by atoms with E-state index in [0.29, 0.717) is 35.3 Å². The maximum Gasteiger partial charge on any atom is 0.417 e. The van der Waals surface area contributed by atoms with Gasteiger partial charge in [0.05, 0.1) is 0 Å². The Hall–Kier alpha value is -3.76. The molecule has 2 aromatic rings. The van der Waals surface area contributed by atoms with E-state index in [2.05, 4.69) is 23.9 Å². The van der Waals surface area contributed by atoms with Crippen molar-refractivity contribution in [1.29, 1.82) is 0 Å². The predicted octanol–water partition coefficient (Wildman–Crippen LogP) is 3.98. The first-order valence-corrected chi connectivity index (χ1v) is 16.6. The van der Waals surface area contributed by atoms with E-state index in [1.807, 2.05) is 12.1 Å². The van der Waals surface area contributed by atoms with Crippen molar-refractivity contribution in [3.8, 4) is 0 Å². The van der Waals surface area contributed by atoms with E-state index in [1.165, 1.54) is 0 Å². The third-order valence-electron chi connectivity index (χ3n) is 10.6. The minimum absolute atomic E-state index is 0.201. The van der Waals surface area contributed by atoms with Gasteiger partial charge in [0.2, 0.25) is 0 Å². The Kier molecular flexibility index (Phi) is 10.0. The Balaban J connectivity index is 1.05. The van der Waals surface area contributed by atoms with Crippen LogP contribution in [0.25, 0.3) is 0 Å². The first-order valence-electron chi connectivity index (χ1n) is 16.6. The maximum atomic E-state index is 13.4. The number of ether oxygens (including phenoxy) is 4. The third kappa shape index (κ3) is 7.28. The second-order valence-corrected chi connectivity index (χ2v) is 13.3. The molecule has 4 saturated heterocycles. The van der Waals surface area contributed by atoms with Crippen LogP contribution >= 0.6 is 0 Å². The van der Waals surface area contributed by atoms with E-state index in [-0.39, 0.29) is 25.4 Å². The molecule has 10 heteroatoms. The second kappa shape index (κ2) is 14.3. The summed E-state index contributed by atoms with van der Waals surface area (Å²) in [6.07, 6.45) is 7.08. The van der Waals surface area contributed by atoms with Crippen molar-refractivity contribution in [2.75, 3.05) is 27.3 Å². The van der Waals surface area contributed by atoms with Crippen LogP contribution in [0.15, 0.2) is 60.7 Å². The Morgan fingerprint density at radius 2 is 0.913 bits per heavy atom. The lowest BCUT2D eigenvalue weighted by Gasteiger charge is -2.36. The minimum atomic E-state index is -1.24. The van der Waals surface area contributed by atoms with Crippen LogP contribution in [0.2, 0.25) is 0 Å². The number of hydrogen-bond donors (Lipinski definition) is 0. The van der Waals surface area contributed by atoms with E-state index in [0.717, 1.165) is 51.4 Å². The zero-order valence-electron chi connectivity index (χ0n) is 26.6. The molecule has 0 radical (unpaired) electrons. The zero-order valence-corrected chi connectivity index (χ0v) is 26.6. The molecule has 0 amide bonds. The van der Waals surface area contributed by atoms with Crippen LogP contribution in [0.5, 0.6) is 0 Å². The Morgan fingerprint density at radius 1 is 0.587 bits per heavy atom. The van der Waals surface area contributed by atoms with Gasteiger partial charge in [-0.25, -0.2) is 9.59 Å². The maximum absolute atomic E-state index is 13.4. The quantitative estimate of drug-likeness (QED) is 0.217. The second-order valence-electron chi connectivity index (χ2n) is 13.3. The summed E-state index contributed by atoms with van der Waals surface area (Å²) >= 11 is 0. The number of carbonyl (C=O) groups is 4. The number of piperidine rings is 2. The van der Waals surface area contributed by atoms with Crippen molar-refractivity contribution < 1.29 is 38.1 Å². The molecule has 46 heavy (non-hydrogen) atoms. The van der Waals surface area contributed by atoms with Crippen LogP contribution in [0.1, 0.15) is 74.3 Å². The fourth-order valence-corrected chi connectivity index (χ4v) is 7.82. The summed E-state index contributed by atoms with van der Waals surface area (Å²) in [4.78, 5) is 57.1. The molecule has 2 aromatic carbocycles. The summed E-state index contributed by atoms with van der Waals surface area (Å²) in [5.41, 5.74) is 1.25. The number of carbonyl (C=O) groups excluding carboxylic acids is 4. The molecule has 246 valence electrons. The van der Waals surface area contributed by atoms with Crippen molar-refractivity contribution in [3.63, 3.8) is 0 Å². The standard InChI is InChI=1S/C36H44N2O8/c1-37-25-13-14-26(37)18-29(17-25)45-33(39)31(23-9-5-3-6-10-23)21-43-35(41)36(42)44-22-32(24-11-7-4-8-12-24)34(40)46-30-19-27-15-16-28(20-30)38(27)2/h3-12,25-32H,13-22H2,1-2H3/t25-,26+,27-,28+,29?,30?,31?,32?. The van der Waals surface area contributed by atoms with E-state index in [4.69, 9.17) is 18.9 Å². The summed E-state index contributed by atoms with van der Waals surface area (Å²) in [5.74, 6) is -5.25. The molecular weight excluding hydrogens is 588 g/mol. The van der Waals surface area contributed by atoms with Crippen LogP contribution < -0.4 is 0 Å². The van der Waals surface area contributed by atoms with Gasteiger partial charge in [-0.05, 0) is 76.6 Å². The van der Waals surface area contributed by atoms with Crippen LogP contribution in [0.3, 0.4) is 0 Å². The lowest BCUT2D eigenvalue weighted by molar-refractivity contribution is -0.172. The van der Waals surface area contributed by atoms with E-state index in [1.54, 1.807) is 48.5 Å². The molecule has 4 aliphatic rings. The number of hydrogen-bond acceptors (Lipinski definition) is 10. The van der Waals surface area contributed by atoms with Crippen molar-refractivity contribution >= 4 is 23.9 Å². The summed E-state index contributed by atoms with van der Waals surface area (Å²) in [6, 6.07) is 19.5. The van der Waals surface area contributed by atoms with Gasteiger partial charge in [0.25, 0.3) is 0 Å². The SMILES string of the molecule is CN1[C@@H]2CC[C@H]1CC(OC(=O)C(COC(=O)C(=O)OCC(C(=O)OC1C[C@H]3CC[C@@H](C1)N3C)c1ccccc1)c1ccccc1)C2. The molecule has 8 atom stereocenters. The molecule has 0 saturated carbocycles. The van der Waals surface area contributed by atoms with Gasteiger partial charge in [-0.15, -0.1) is 0 Å². The molecule has 10 nitrogen and oxygen atoms in total. The molecule has 4 bridgehead atoms. The normalized spacial score (nSPS) is 28.6. The van der Waals surface area contributed by atoms with Crippen molar-refractivity contribution in [2.45, 2.75) is 99.6 Å². The van der Waals surface area contributed by atoms with Gasteiger partial charge in [0.15, 0.2) is 0 Å². The van der Waals surface area contributed by atoms with Crippen LogP contribution in [-0.2, 0) is 38.1 Å². The number of nitrogens with zero attached hydrogens (tertiary/aromatic N) is 2. The van der Waals surface area contributed by atoms with Gasteiger partial charge < -0.3 is 28.7 Å². The minimum Gasteiger partial charge on any atom is -0.462 e. The molecule has 0 aromatic heterocycles. The highest BCUT2D eigenvalue weighted by Gasteiger charge is 2.42. The Labute approximate surface area is 270 Å². The molecule has 0 aliphatic carbocycles. The zero-order chi connectivity index (χ0) is 32.2. The van der Waals surface area contributed by atoms with E-state index < -0.39 is 35.7 Å². The van der Waals surface area contributed by atoms with Crippen molar-refractivity contribution in [1.82, 2.24) is 9.80 Å². The van der Waals surface area contributed by atoms with Crippen molar-refractivity contribution in [2.24, 2.45) is 0 Å². The van der Waals surface area contributed by atoms with Crippen molar-refractivity contribution in [3.05, 3.63) is 71.8 Å². The van der Waals surface area contributed by atoms with E-state index >= 15 is 0 Å². The highest BCUT2D eigenvalue weighted by Crippen LogP contribution is 2.37. The fraction of sp³-hybridized carbons (Fsp3) is 0.556. The molecule has 4 aliphatic heterocycles. The lowest BCUT2D eigenvalue weighted by Crippen LogP contribution is -2.44. The number of fused-ring (bicyclic) bond motifs is 4. The summed E-state index contributed by atoms with van der Waals surface area (Å²) < 4.78 is 22.5. The smallest absolute Gasteiger partial charge is 0.417 e. The average molecular weight is 633 g/mol. The fourth-order valence-electron chi connectivity index (χ4n) is 7.82. The lowest BCUT2D eigenvalue weighted by atomic mass is 9.98. The summed E-state index contributed by atoms with van der Waals surface area (Å²) in [5, 5.41) is 0. The largest absolute Gasteiger partial charge is 0.462 e. The molecular formula is C36H44N2O8. The van der Waals surface area contributed by atoms with Crippen LogP contribution in [0.4, 0.5) is 0 Å². The van der Waals surface area contributed by atoms with Gasteiger partial charge in [-0.2, -0.15) is 0 Å². The van der Waals surface area contributed by atoms with Gasteiger partial charge >= 0.3 is 23.9 Å². The van der Waals surface area contributed by atoms with Gasteiger partial charge in [0.1, 0.15) is 37.3 Å². The Morgan fingerprint density at radius 3 is 1.24 bits per heavy atom. The van der Waals surface area contributed by atoms with Gasteiger partial charge in [-0.3, -0.25) is 9.59 Å². The monoisotopic (exact) mass is 632 g/mol. The highest BCUT2D eigenvalue weighted by atomic mass is 16.6. The average Bonchev–Trinajstić information content (AvgIpc) is 3.37. The topological polar surface area (TPSA) is 112 Å². The molecule has 0 N–H and O–H groups in total. The predicted molar refractivity (Wildman–Crippen MR) is 168 cm³/mol. The number of rotatable bonds is 10.